The van der Waals surface area contributed by atoms with Crippen molar-refractivity contribution in [1.29, 1.82) is 0 Å². The first-order valence-electron chi connectivity index (χ1n) is 9.04. The molecule has 0 bridgehead atoms. The summed E-state index contributed by atoms with van der Waals surface area (Å²) >= 11 is 0. The zero-order valence-electron chi connectivity index (χ0n) is 16.7. The van der Waals surface area contributed by atoms with Gasteiger partial charge in [-0.25, -0.2) is 8.42 Å². The minimum Gasteiger partial charge on any atom is -0.495 e. The van der Waals surface area contributed by atoms with Crippen LogP contribution in [0.15, 0.2) is 71.6 Å². The van der Waals surface area contributed by atoms with E-state index >= 15 is 0 Å². The minimum atomic E-state index is -3.84. The summed E-state index contributed by atoms with van der Waals surface area (Å²) in [6.45, 7) is 1.60. The Balaban J connectivity index is 1.91. The first kappa shape index (κ1) is 21.8. The topological polar surface area (TPSA) is 128 Å². The van der Waals surface area contributed by atoms with Crippen LogP contribution in [0.3, 0.4) is 0 Å². The molecule has 0 radical (unpaired) electrons. The van der Waals surface area contributed by atoms with Gasteiger partial charge in [-0.05, 0) is 42.8 Å². The normalized spacial score (nSPS) is 10.9. The number of nitro groups is 1. The van der Waals surface area contributed by atoms with Crippen molar-refractivity contribution in [3.8, 4) is 5.75 Å². The van der Waals surface area contributed by atoms with Crippen molar-refractivity contribution in [2.24, 2.45) is 0 Å². The number of ether oxygens (including phenoxy) is 1. The van der Waals surface area contributed by atoms with E-state index in [9.17, 15) is 23.3 Å². The Bertz CT molecular complexity index is 1240. The maximum Gasteiger partial charge on any atom is 0.271 e. The van der Waals surface area contributed by atoms with E-state index in [4.69, 9.17) is 4.74 Å². The van der Waals surface area contributed by atoms with E-state index < -0.39 is 20.9 Å². The molecule has 0 atom stereocenters. The Morgan fingerprint density at radius 1 is 1.00 bits per heavy atom. The van der Waals surface area contributed by atoms with Gasteiger partial charge in [-0.1, -0.05) is 24.3 Å². The van der Waals surface area contributed by atoms with Gasteiger partial charge in [-0.15, -0.1) is 0 Å². The maximum absolute atomic E-state index is 12.9. The highest BCUT2D eigenvalue weighted by molar-refractivity contribution is 7.92. The Morgan fingerprint density at radius 3 is 2.35 bits per heavy atom. The van der Waals surface area contributed by atoms with E-state index in [0.717, 1.165) is 0 Å². The van der Waals surface area contributed by atoms with Gasteiger partial charge in [0.05, 0.1) is 28.3 Å². The molecule has 3 aromatic rings. The molecule has 0 aliphatic heterocycles. The Hall–Kier alpha value is -3.92. The predicted molar refractivity (Wildman–Crippen MR) is 116 cm³/mol. The third kappa shape index (κ3) is 4.81. The zero-order valence-corrected chi connectivity index (χ0v) is 17.5. The number of nitro benzene ring substituents is 1. The summed E-state index contributed by atoms with van der Waals surface area (Å²) in [7, 11) is -2.46. The zero-order chi connectivity index (χ0) is 22.6. The van der Waals surface area contributed by atoms with Crippen LogP contribution in [0.5, 0.6) is 5.75 Å². The number of hydrogen-bond donors (Lipinski definition) is 2. The molecule has 31 heavy (non-hydrogen) atoms. The molecule has 2 N–H and O–H groups in total. The number of methoxy groups -OCH3 is 1. The fraction of sp³-hybridized carbons (Fsp3) is 0.0952. The third-order valence-electron chi connectivity index (χ3n) is 4.52. The number of carbonyl (C=O) groups excluding carboxylic acids is 1. The predicted octanol–water partition coefficient (Wildman–Crippen LogP) is 3.96. The second-order valence-corrected chi connectivity index (χ2v) is 8.17. The van der Waals surface area contributed by atoms with Crippen LogP contribution in [0, 0.1) is 17.0 Å². The third-order valence-corrected chi connectivity index (χ3v) is 5.90. The second-order valence-electron chi connectivity index (χ2n) is 6.49. The Labute approximate surface area is 178 Å². The van der Waals surface area contributed by atoms with Crippen LogP contribution in [-0.2, 0) is 10.0 Å². The van der Waals surface area contributed by atoms with Gasteiger partial charge in [0.25, 0.3) is 21.6 Å². The number of nitrogens with zero attached hydrogens (tertiary/aromatic N) is 1. The van der Waals surface area contributed by atoms with Gasteiger partial charge in [-0.2, -0.15) is 0 Å². The van der Waals surface area contributed by atoms with Crippen molar-refractivity contribution in [2.45, 2.75) is 11.8 Å². The SMILES string of the molecule is COc1ccc([N+](=O)[O-])cc1NC(=O)c1cccc(NS(=O)(=O)c2ccccc2)c1C. The number of benzene rings is 3. The first-order chi connectivity index (χ1) is 14.7. The van der Waals surface area contributed by atoms with Gasteiger partial charge in [-0.3, -0.25) is 19.6 Å². The Kier molecular flexibility index (Phi) is 6.21. The second kappa shape index (κ2) is 8.84. The fourth-order valence-corrected chi connectivity index (χ4v) is 4.04. The van der Waals surface area contributed by atoms with E-state index in [1.807, 2.05) is 0 Å². The Morgan fingerprint density at radius 2 is 1.71 bits per heavy atom. The van der Waals surface area contributed by atoms with Crippen LogP contribution in [0.2, 0.25) is 0 Å². The molecule has 160 valence electrons. The van der Waals surface area contributed by atoms with Crippen molar-refractivity contribution in [1.82, 2.24) is 0 Å². The lowest BCUT2D eigenvalue weighted by Gasteiger charge is -2.15. The molecule has 3 rings (SSSR count). The standard InChI is InChI=1S/C21H19N3O6S/c1-14-17(21(25)22-19-13-15(24(26)27)11-12-20(19)30-2)9-6-10-18(14)23-31(28,29)16-7-4-3-5-8-16/h3-13,23H,1-2H3,(H,22,25). The van der Waals surface area contributed by atoms with Crippen LogP contribution in [0.25, 0.3) is 0 Å². The molecule has 0 heterocycles. The average Bonchev–Trinajstić information content (AvgIpc) is 2.75. The number of nitrogens with one attached hydrogen (secondary N) is 2. The molecular formula is C21H19N3O6S. The van der Waals surface area contributed by atoms with Crippen LogP contribution < -0.4 is 14.8 Å². The molecule has 0 unspecified atom stereocenters. The number of rotatable bonds is 7. The highest BCUT2D eigenvalue weighted by Gasteiger charge is 2.19. The molecule has 0 saturated heterocycles. The lowest BCUT2D eigenvalue weighted by atomic mass is 10.1. The number of hydrogen-bond acceptors (Lipinski definition) is 6. The lowest BCUT2D eigenvalue weighted by Crippen LogP contribution is -2.17. The summed E-state index contributed by atoms with van der Waals surface area (Å²) in [6.07, 6.45) is 0. The van der Waals surface area contributed by atoms with E-state index in [-0.39, 0.29) is 33.3 Å². The molecule has 0 aliphatic rings. The van der Waals surface area contributed by atoms with E-state index in [2.05, 4.69) is 10.0 Å². The van der Waals surface area contributed by atoms with Crippen molar-refractivity contribution >= 4 is 33.0 Å². The van der Waals surface area contributed by atoms with E-state index in [1.165, 1.54) is 49.6 Å². The number of amides is 1. The number of sulfonamides is 1. The number of anilines is 2. The molecule has 1 amide bonds. The number of non-ortho nitro benzene ring substituents is 1. The summed E-state index contributed by atoms with van der Waals surface area (Å²) in [5, 5.41) is 13.6. The minimum absolute atomic E-state index is 0.0885. The van der Waals surface area contributed by atoms with Crippen LogP contribution in [0.1, 0.15) is 15.9 Å². The largest absolute Gasteiger partial charge is 0.495 e. The summed E-state index contributed by atoms with van der Waals surface area (Å²) in [4.78, 5) is 23.4. The van der Waals surface area contributed by atoms with Gasteiger partial charge >= 0.3 is 0 Å². The van der Waals surface area contributed by atoms with Gasteiger partial charge in [0.1, 0.15) is 5.75 Å². The van der Waals surface area contributed by atoms with Crippen molar-refractivity contribution in [3.63, 3.8) is 0 Å². The van der Waals surface area contributed by atoms with E-state index in [1.54, 1.807) is 31.2 Å². The van der Waals surface area contributed by atoms with Gasteiger partial charge in [0.15, 0.2) is 0 Å². The van der Waals surface area contributed by atoms with Gasteiger partial charge in [0.2, 0.25) is 0 Å². The molecule has 0 aliphatic carbocycles. The lowest BCUT2D eigenvalue weighted by molar-refractivity contribution is -0.384. The summed E-state index contributed by atoms with van der Waals surface area (Å²) < 4.78 is 32.9. The maximum atomic E-state index is 12.9. The first-order valence-corrected chi connectivity index (χ1v) is 10.5. The molecule has 0 fully saturated rings. The highest BCUT2D eigenvalue weighted by atomic mass is 32.2. The van der Waals surface area contributed by atoms with Crippen molar-refractivity contribution in [2.75, 3.05) is 17.1 Å². The summed E-state index contributed by atoms with van der Waals surface area (Å²) in [5.74, 6) is -0.324. The quantitative estimate of drug-likeness (QED) is 0.422. The molecular weight excluding hydrogens is 422 g/mol. The fourth-order valence-electron chi connectivity index (χ4n) is 2.89. The smallest absolute Gasteiger partial charge is 0.271 e. The van der Waals surface area contributed by atoms with Crippen LogP contribution in [0.4, 0.5) is 17.1 Å². The van der Waals surface area contributed by atoms with Crippen LogP contribution >= 0.6 is 0 Å². The van der Waals surface area contributed by atoms with Crippen molar-refractivity contribution in [3.05, 3.63) is 88.0 Å². The van der Waals surface area contributed by atoms with Gasteiger partial charge in [0, 0.05) is 17.7 Å². The average molecular weight is 441 g/mol. The van der Waals surface area contributed by atoms with Crippen LogP contribution in [-0.4, -0.2) is 26.4 Å². The monoisotopic (exact) mass is 441 g/mol. The summed E-state index contributed by atoms with van der Waals surface area (Å²) in [6, 6.07) is 16.3. The molecule has 3 aromatic carbocycles. The van der Waals surface area contributed by atoms with Gasteiger partial charge < -0.3 is 10.1 Å². The highest BCUT2D eigenvalue weighted by Crippen LogP contribution is 2.30. The number of carbonyl (C=O) groups is 1. The molecule has 0 spiro atoms. The van der Waals surface area contributed by atoms with E-state index in [0.29, 0.717) is 5.56 Å². The molecule has 0 saturated carbocycles. The van der Waals surface area contributed by atoms with Crippen molar-refractivity contribution < 1.29 is 22.9 Å². The molecule has 0 aromatic heterocycles. The molecule has 10 heteroatoms. The molecule has 9 nitrogen and oxygen atoms in total. The summed E-state index contributed by atoms with van der Waals surface area (Å²) in [5.41, 5.74) is 0.738.